The third-order valence-electron chi connectivity index (χ3n) is 5.20. The van der Waals surface area contributed by atoms with E-state index in [0.717, 1.165) is 31.0 Å². The minimum atomic E-state index is 0.229. The molecule has 1 saturated heterocycles. The summed E-state index contributed by atoms with van der Waals surface area (Å²) in [5.41, 5.74) is 1.18. The maximum absolute atomic E-state index is 6.25. The highest BCUT2D eigenvalue weighted by Crippen LogP contribution is 2.25. The van der Waals surface area contributed by atoms with E-state index in [4.69, 9.17) is 9.47 Å². The van der Waals surface area contributed by atoms with E-state index in [9.17, 15) is 0 Å². The van der Waals surface area contributed by atoms with Crippen molar-refractivity contribution < 1.29 is 9.47 Å². The number of hydrogen-bond acceptors (Lipinski definition) is 3. The number of hydrogen-bond donors (Lipinski definition) is 0. The van der Waals surface area contributed by atoms with Crippen molar-refractivity contribution in [3.05, 3.63) is 60.2 Å². The van der Waals surface area contributed by atoms with Gasteiger partial charge in [0.1, 0.15) is 18.1 Å². The normalized spacial score (nSPS) is 17.1. The van der Waals surface area contributed by atoms with Gasteiger partial charge in [0.05, 0.1) is 0 Å². The van der Waals surface area contributed by atoms with E-state index in [2.05, 4.69) is 24.0 Å². The Morgan fingerprint density at radius 1 is 0.889 bits per heavy atom. The molecular formula is C24H33NO2. The van der Waals surface area contributed by atoms with Gasteiger partial charge in [-0.25, -0.2) is 0 Å². The molecule has 1 unspecified atom stereocenters. The highest BCUT2D eigenvalue weighted by Gasteiger charge is 2.25. The molecule has 2 aromatic rings. The molecule has 1 atom stereocenters. The zero-order valence-electron chi connectivity index (χ0n) is 16.6. The van der Waals surface area contributed by atoms with E-state index >= 15 is 0 Å². The number of unbranched alkanes of at least 4 members (excludes halogenated alkanes) is 4. The van der Waals surface area contributed by atoms with Crippen molar-refractivity contribution in [1.82, 2.24) is 4.90 Å². The van der Waals surface area contributed by atoms with Crippen molar-refractivity contribution in [2.24, 2.45) is 0 Å². The summed E-state index contributed by atoms with van der Waals surface area (Å²) in [6.07, 6.45) is 9.24. The summed E-state index contributed by atoms with van der Waals surface area (Å²) >= 11 is 0. The molecule has 0 bridgehead atoms. The van der Waals surface area contributed by atoms with Crippen LogP contribution >= 0.6 is 0 Å². The van der Waals surface area contributed by atoms with Crippen LogP contribution in [0, 0.1) is 0 Å². The van der Waals surface area contributed by atoms with Crippen LogP contribution in [0.4, 0.5) is 0 Å². The van der Waals surface area contributed by atoms with Gasteiger partial charge in [0.15, 0.2) is 6.23 Å². The van der Waals surface area contributed by atoms with Crippen molar-refractivity contribution in [2.45, 2.75) is 64.7 Å². The third kappa shape index (κ3) is 6.59. The number of nitrogens with zero attached hydrogens (tertiary/aromatic N) is 1. The van der Waals surface area contributed by atoms with Crippen LogP contribution in [-0.4, -0.2) is 24.2 Å². The van der Waals surface area contributed by atoms with Crippen LogP contribution in [0.3, 0.4) is 0 Å². The highest BCUT2D eigenvalue weighted by molar-refractivity contribution is 5.31. The second-order valence-electron chi connectivity index (χ2n) is 7.41. The Labute approximate surface area is 164 Å². The Kier molecular flexibility index (Phi) is 8.03. The monoisotopic (exact) mass is 367 g/mol. The van der Waals surface area contributed by atoms with Crippen LogP contribution in [0.15, 0.2) is 54.6 Å². The molecule has 2 aromatic carbocycles. The largest absolute Gasteiger partial charge is 0.489 e. The van der Waals surface area contributed by atoms with Gasteiger partial charge in [-0.2, -0.15) is 0 Å². The predicted molar refractivity (Wildman–Crippen MR) is 111 cm³/mol. The summed E-state index contributed by atoms with van der Waals surface area (Å²) in [5, 5.41) is 0. The standard InChI is InChI=1S/C24H33NO2/c1-2-3-4-5-9-18-25-19-10-13-24(25)27-23-16-14-22(15-17-23)26-20-21-11-7-6-8-12-21/h6-8,11-12,14-17,24H,2-5,9-10,13,18-20H2,1H3. The van der Waals surface area contributed by atoms with Gasteiger partial charge in [-0.3, -0.25) is 4.90 Å². The zero-order valence-corrected chi connectivity index (χ0v) is 16.6. The number of likely N-dealkylation sites (tertiary alicyclic amines) is 1. The van der Waals surface area contributed by atoms with Crippen LogP contribution in [0.2, 0.25) is 0 Å². The third-order valence-corrected chi connectivity index (χ3v) is 5.20. The van der Waals surface area contributed by atoms with E-state index in [1.165, 1.54) is 44.1 Å². The molecule has 1 aliphatic rings. The molecule has 3 heteroatoms. The first-order valence-electron chi connectivity index (χ1n) is 10.5. The number of benzene rings is 2. The Hall–Kier alpha value is -2.00. The predicted octanol–water partition coefficient (Wildman–Crippen LogP) is 6.04. The molecule has 0 aromatic heterocycles. The molecule has 3 rings (SSSR count). The fourth-order valence-electron chi connectivity index (χ4n) is 3.62. The lowest BCUT2D eigenvalue weighted by Crippen LogP contribution is -2.34. The summed E-state index contributed by atoms with van der Waals surface area (Å²) in [6.45, 7) is 5.18. The lowest BCUT2D eigenvalue weighted by atomic mass is 10.1. The van der Waals surface area contributed by atoms with E-state index in [-0.39, 0.29) is 6.23 Å². The molecule has 0 amide bonds. The van der Waals surface area contributed by atoms with Crippen LogP contribution in [-0.2, 0) is 6.61 Å². The number of ether oxygens (including phenoxy) is 2. The van der Waals surface area contributed by atoms with Crippen molar-refractivity contribution in [1.29, 1.82) is 0 Å². The maximum atomic E-state index is 6.25. The molecular weight excluding hydrogens is 334 g/mol. The highest BCUT2D eigenvalue weighted by atomic mass is 16.5. The smallest absolute Gasteiger partial charge is 0.152 e. The fraction of sp³-hybridized carbons (Fsp3) is 0.500. The number of rotatable bonds is 11. The van der Waals surface area contributed by atoms with Gasteiger partial charge >= 0.3 is 0 Å². The zero-order chi connectivity index (χ0) is 18.7. The van der Waals surface area contributed by atoms with Crippen LogP contribution in [0.5, 0.6) is 11.5 Å². The average molecular weight is 368 g/mol. The lowest BCUT2D eigenvalue weighted by molar-refractivity contribution is 0.0593. The van der Waals surface area contributed by atoms with Gasteiger partial charge in [-0.05, 0) is 49.1 Å². The molecule has 27 heavy (non-hydrogen) atoms. The van der Waals surface area contributed by atoms with Gasteiger partial charge in [0.25, 0.3) is 0 Å². The second kappa shape index (κ2) is 11.0. The SMILES string of the molecule is CCCCCCCN1CCCC1Oc1ccc(OCc2ccccc2)cc1. The van der Waals surface area contributed by atoms with Crippen molar-refractivity contribution in [3.63, 3.8) is 0 Å². The van der Waals surface area contributed by atoms with E-state index in [0.29, 0.717) is 6.61 Å². The van der Waals surface area contributed by atoms with E-state index in [1.54, 1.807) is 0 Å². The van der Waals surface area contributed by atoms with Gasteiger partial charge in [-0.1, -0.05) is 62.9 Å². The molecule has 0 saturated carbocycles. The first-order valence-corrected chi connectivity index (χ1v) is 10.5. The summed E-state index contributed by atoms with van der Waals surface area (Å²) in [4.78, 5) is 2.51. The summed E-state index contributed by atoms with van der Waals surface area (Å²) < 4.78 is 12.1. The average Bonchev–Trinajstić information content (AvgIpc) is 3.15. The molecule has 1 fully saturated rings. The van der Waals surface area contributed by atoms with Crippen LogP contribution < -0.4 is 9.47 Å². The van der Waals surface area contributed by atoms with E-state index in [1.807, 2.05) is 42.5 Å². The van der Waals surface area contributed by atoms with Gasteiger partial charge in [0, 0.05) is 13.1 Å². The summed E-state index contributed by atoms with van der Waals surface area (Å²) in [5.74, 6) is 1.82. The molecule has 146 valence electrons. The fourth-order valence-corrected chi connectivity index (χ4v) is 3.62. The lowest BCUT2D eigenvalue weighted by Gasteiger charge is -2.25. The molecule has 3 nitrogen and oxygen atoms in total. The molecule has 1 heterocycles. The maximum Gasteiger partial charge on any atom is 0.152 e. The topological polar surface area (TPSA) is 21.7 Å². The Morgan fingerprint density at radius 2 is 1.63 bits per heavy atom. The van der Waals surface area contributed by atoms with Crippen LogP contribution in [0.25, 0.3) is 0 Å². The van der Waals surface area contributed by atoms with E-state index < -0.39 is 0 Å². The van der Waals surface area contributed by atoms with Gasteiger partial charge in [0.2, 0.25) is 0 Å². The van der Waals surface area contributed by atoms with Crippen molar-refractivity contribution in [3.8, 4) is 11.5 Å². The van der Waals surface area contributed by atoms with Crippen molar-refractivity contribution in [2.75, 3.05) is 13.1 Å². The summed E-state index contributed by atoms with van der Waals surface area (Å²) in [6, 6.07) is 18.3. The minimum Gasteiger partial charge on any atom is -0.489 e. The Morgan fingerprint density at radius 3 is 2.41 bits per heavy atom. The molecule has 1 aliphatic heterocycles. The Bertz CT molecular complexity index is 641. The molecule has 0 radical (unpaired) electrons. The minimum absolute atomic E-state index is 0.229. The molecule has 0 spiro atoms. The van der Waals surface area contributed by atoms with Crippen molar-refractivity contribution >= 4 is 0 Å². The Balaban J connectivity index is 1.43. The van der Waals surface area contributed by atoms with Crippen LogP contribution in [0.1, 0.15) is 57.4 Å². The first kappa shape index (κ1) is 19.8. The summed E-state index contributed by atoms with van der Waals surface area (Å²) in [7, 11) is 0. The first-order chi connectivity index (χ1) is 13.3. The molecule has 0 aliphatic carbocycles. The van der Waals surface area contributed by atoms with Gasteiger partial charge in [-0.15, -0.1) is 0 Å². The molecule has 0 N–H and O–H groups in total. The second-order valence-corrected chi connectivity index (χ2v) is 7.41. The quantitative estimate of drug-likeness (QED) is 0.452. The van der Waals surface area contributed by atoms with Gasteiger partial charge < -0.3 is 9.47 Å².